The number of carbonyl (C=O) groups excluding carboxylic acids is 3. The van der Waals surface area contributed by atoms with Gasteiger partial charge in [0.1, 0.15) is 6.54 Å². The average molecular weight is 454 g/mol. The zero-order valence-electron chi connectivity index (χ0n) is 19.9. The summed E-state index contributed by atoms with van der Waals surface area (Å²) in [4.78, 5) is 39.3. The minimum absolute atomic E-state index is 0.00535. The van der Waals surface area contributed by atoms with Gasteiger partial charge in [0.2, 0.25) is 11.8 Å². The molecule has 0 bridgehead atoms. The highest BCUT2D eigenvalue weighted by Gasteiger charge is 2.21. The Bertz CT molecular complexity index is 970. The highest BCUT2D eigenvalue weighted by atomic mass is 16.2. The van der Waals surface area contributed by atoms with Gasteiger partial charge in [-0.25, -0.2) is 0 Å². The van der Waals surface area contributed by atoms with Crippen LogP contribution in [0.25, 0.3) is 0 Å². The first-order valence-electron chi connectivity index (χ1n) is 11.7. The van der Waals surface area contributed by atoms with E-state index >= 15 is 0 Å². The van der Waals surface area contributed by atoms with Crippen molar-refractivity contribution in [1.82, 2.24) is 25.3 Å². The smallest absolute Gasteiger partial charge is 0.244 e. The maximum atomic E-state index is 13.1. The van der Waals surface area contributed by atoms with Crippen molar-refractivity contribution in [3.05, 3.63) is 52.8 Å². The summed E-state index contributed by atoms with van der Waals surface area (Å²) in [7, 11) is 0. The molecule has 1 unspecified atom stereocenters. The van der Waals surface area contributed by atoms with Crippen LogP contribution in [0.5, 0.6) is 0 Å². The molecule has 3 rings (SSSR count). The van der Waals surface area contributed by atoms with E-state index in [0.717, 1.165) is 30.5 Å². The summed E-state index contributed by atoms with van der Waals surface area (Å²) >= 11 is 0. The average Bonchev–Trinajstić information content (AvgIpc) is 3.07. The molecule has 0 radical (unpaired) electrons. The number of aromatic nitrogens is 2. The maximum absolute atomic E-state index is 13.1. The molecule has 2 heterocycles. The standard InChI is InChI=1S/C25H35N5O3/c1-18-25(20(3)31)19(2)30(28-18)17-24(33)29-14-8-7-12-27-23(32)16-22(26-13-9-15-29)21-10-5-4-6-11-21/h4-6,10-11,22,26H,7-9,12-17H2,1-3H3,(H,27,32). The third-order valence-electron chi connectivity index (χ3n) is 6.14. The topological polar surface area (TPSA) is 96.3 Å². The van der Waals surface area contributed by atoms with Crippen LogP contribution < -0.4 is 10.6 Å². The second-order valence-electron chi connectivity index (χ2n) is 8.67. The molecule has 1 aliphatic rings. The van der Waals surface area contributed by atoms with Crippen molar-refractivity contribution >= 4 is 17.6 Å². The van der Waals surface area contributed by atoms with Gasteiger partial charge in [0.15, 0.2) is 5.78 Å². The van der Waals surface area contributed by atoms with Crippen LogP contribution in [-0.2, 0) is 16.1 Å². The molecule has 2 aromatic rings. The molecule has 8 nitrogen and oxygen atoms in total. The minimum atomic E-state index is -0.0594. The largest absolute Gasteiger partial charge is 0.356 e. The van der Waals surface area contributed by atoms with Crippen molar-refractivity contribution < 1.29 is 14.4 Å². The fourth-order valence-electron chi connectivity index (χ4n) is 4.40. The fourth-order valence-corrected chi connectivity index (χ4v) is 4.40. The predicted octanol–water partition coefficient (Wildman–Crippen LogP) is 2.55. The molecule has 1 fully saturated rings. The molecule has 2 N–H and O–H groups in total. The summed E-state index contributed by atoms with van der Waals surface area (Å²) in [6.07, 6.45) is 2.81. The number of amides is 2. The molecule has 1 aliphatic heterocycles. The van der Waals surface area contributed by atoms with Gasteiger partial charge in [-0.2, -0.15) is 5.10 Å². The predicted molar refractivity (Wildman–Crippen MR) is 127 cm³/mol. The Kier molecular flexibility index (Phi) is 8.77. The third-order valence-corrected chi connectivity index (χ3v) is 6.14. The minimum Gasteiger partial charge on any atom is -0.356 e. The molecular formula is C25H35N5O3. The van der Waals surface area contributed by atoms with Gasteiger partial charge in [0.05, 0.1) is 11.3 Å². The Labute approximate surface area is 195 Å². The number of carbonyl (C=O) groups is 3. The molecule has 0 spiro atoms. The van der Waals surface area contributed by atoms with Crippen LogP contribution in [0.4, 0.5) is 0 Å². The van der Waals surface area contributed by atoms with E-state index in [2.05, 4.69) is 15.7 Å². The molecule has 1 atom stereocenters. The van der Waals surface area contributed by atoms with Crippen LogP contribution in [0.1, 0.15) is 66.0 Å². The number of hydrogen-bond donors (Lipinski definition) is 2. The van der Waals surface area contributed by atoms with Crippen LogP contribution in [-0.4, -0.2) is 58.5 Å². The lowest BCUT2D eigenvalue weighted by molar-refractivity contribution is -0.132. The van der Waals surface area contributed by atoms with E-state index in [1.54, 1.807) is 11.6 Å². The highest BCUT2D eigenvalue weighted by molar-refractivity contribution is 5.96. The molecule has 1 aromatic carbocycles. The van der Waals surface area contributed by atoms with Crippen molar-refractivity contribution in [2.24, 2.45) is 0 Å². The van der Waals surface area contributed by atoms with Crippen LogP contribution in [0.15, 0.2) is 30.3 Å². The third kappa shape index (κ3) is 6.74. The van der Waals surface area contributed by atoms with Gasteiger partial charge in [0, 0.05) is 37.8 Å². The highest BCUT2D eigenvalue weighted by Crippen LogP contribution is 2.17. The van der Waals surface area contributed by atoms with Gasteiger partial charge < -0.3 is 15.5 Å². The van der Waals surface area contributed by atoms with E-state index in [1.165, 1.54) is 6.92 Å². The van der Waals surface area contributed by atoms with E-state index < -0.39 is 0 Å². The summed E-state index contributed by atoms with van der Waals surface area (Å²) in [5.41, 5.74) is 3.07. The molecule has 0 aliphatic carbocycles. The van der Waals surface area contributed by atoms with Crippen molar-refractivity contribution in [3.63, 3.8) is 0 Å². The van der Waals surface area contributed by atoms with Crippen LogP contribution in [0, 0.1) is 13.8 Å². The Balaban J connectivity index is 1.66. The SMILES string of the molecule is CC(=O)c1c(C)nn(CC(=O)N2CCCCNC(=O)CC(c3ccccc3)NCCC2)c1C. The number of ketones is 1. The van der Waals surface area contributed by atoms with E-state index in [1.807, 2.05) is 42.2 Å². The zero-order chi connectivity index (χ0) is 23.8. The molecule has 178 valence electrons. The van der Waals surface area contributed by atoms with Crippen molar-refractivity contribution in [2.75, 3.05) is 26.2 Å². The first-order chi connectivity index (χ1) is 15.9. The number of nitrogens with zero attached hydrogens (tertiary/aromatic N) is 3. The van der Waals surface area contributed by atoms with Crippen LogP contribution >= 0.6 is 0 Å². The summed E-state index contributed by atoms with van der Waals surface area (Å²) < 4.78 is 1.64. The van der Waals surface area contributed by atoms with E-state index in [4.69, 9.17) is 0 Å². The van der Waals surface area contributed by atoms with E-state index in [9.17, 15) is 14.4 Å². The lowest BCUT2D eigenvalue weighted by Gasteiger charge is -2.24. The van der Waals surface area contributed by atoms with Crippen LogP contribution in [0.3, 0.4) is 0 Å². The number of hydrogen-bond acceptors (Lipinski definition) is 5. The number of rotatable bonds is 4. The molecule has 0 saturated carbocycles. The van der Waals surface area contributed by atoms with Gasteiger partial charge in [-0.3, -0.25) is 19.1 Å². The van der Waals surface area contributed by atoms with Gasteiger partial charge in [-0.15, -0.1) is 0 Å². The quantitative estimate of drug-likeness (QED) is 0.694. The molecular weight excluding hydrogens is 418 g/mol. The summed E-state index contributed by atoms with van der Waals surface area (Å²) in [6.45, 7) is 7.84. The second kappa shape index (κ2) is 11.7. The van der Waals surface area contributed by atoms with Crippen molar-refractivity contribution in [2.45, 2.75) is 59.0 Å². The summed E-state index contributed by atoms with van der Waals surface area (Å²) in [6, 6.07) is 9.93. The molecule has 33 heavy (non-hydrogen) atoms. The second-order valence-corrected chi connectivity index (χ2v) is 8.67. The number of benzene rings is 1. The monoisotopic (exact) mass is 453 g/mol. The first kappa shape index (κ1) is 24.6. The fraction of sp³-hybridized carbons (Fsp3) is 0.520. The molecule has 8 heteroatoms. The number of aryl methyl sites for hydroxylation is 1. The van der Waals surface area contributed by atoms with Gasteiger partial charge in [0.25, 0.3) is 0 Å². The molecule has 2 amide bonds. The van der Waals surface area contributed by atoms with E-state index in [0.29, 0.717) is 43.9 Å². The normalized spacial score (nSPS) is 18.6. The lowest BCUT2D eigenvalue weighted by Crippen LogP contribution is -2.37. The zero-order valence-corrected chi connectivity index (χ0v) is 19.9. The number of Topliss-reactive ketones (excluding diaryl/α,β-unsaturated/α-hetero) is 1. The van der Waals surface area contributed by atoms with Gasteiger partial charge in [-0.05, 0) is 52.1 Å². The Hall–Kier alpha value is -3.00. The maximum Gasteiger partial charge on any atom is 0.244 e. The summed E-state index contributed by atoms with van der Waals surface area (Å²) in [5.74, 6) is -0.00396. The Morgan fingerprint density at radius 1 is 1.06 bits per heavy atom. The lowest BCUT2D eigenvalue weighted by atomic mass is 10.0. The summed E-state index contributed by atoms with van der Waals surface area (Å²) in [5, 5.41) is 10.9. The van der Waals surface area contributed by atoms with Crippen LogP contribution in [0.2, 0.25) is 0 Å². The molecule has 1 aromatic heterocycles. The van der Waals surface area contributed by atoms with Crippen molar-refractivity contribution in [1.29, 1.82) is 0 Å². The number of nitrogens with one attached hydrogen (secondary N) is 2. The first-order valence-corrected chi connectivity index (χ1v) is 11.7. The Morgan fingerprint density at radius 2 is 1.79 bits per heavy atom. The van der Waals surface area contributed by atoms with Gasteiger partial charge >= 0.3 is 0 Å². The van der Waals surface area contributed by atoms with Gasteiger partial charge in [-0.1, -0.05) is 30.3 Å². The van der Waals surface area contributed by atoms with Crippen molar-refractivity contribution in [3.8, 4) is 0 Å². The molecule has 1 saturated heterocycles. The Morgan fingerprint density at radius 3 is 2.48 bits per heavy atom. The van der Waals surface area contributed by atoms with E-state index in [-0.39, 0.29) is 30.2 Å².